The van der Waals surface area contributed by atoms with Crippen molar-refractivity contribution in [2.45, 2.75) is 46.1 Å². The number of hydrogen-bond donors (Lipinski definition) is 4. The van der Waals surface area contributed by atoms with E-state index in [1.165, 1.54) is 45.7 Å². The monoisotopic (exact) mass is 470 g/mol. The summed E-state index contributed by atoms with van der Waals surface area (Å²) in [6.45, 7) is 21.4. The van der Waals surface area contributed by atoms with Crippen molar-refractivity contribution in [3.05, 3.63) is 0 Å². The van der Waals surface area contributed by atoms with Crippen LogP contribution in [-0.2, 0) is 0 Å². The first-order chi connectivity index (χ1) is 15.5. The molecule has 2 atom stereocenters. The minimum absolute atomic E-state index is 0.279. The van der Waals surface area contributed by atoms with Gasteiger partial charge in [-0.25, -0.2) is 0 Å². The van der Waals surface area contributed by atoms with Crippen LogP contribution < -0.4 is 22.5 Å². The molecule has 0 aromatic heterocycles. The van der Waals surface area contributed by atoms with E-state index in [0.717, 1.165) is 58.7 Å². The molecule has 2 saturated heterocycles. The molecule has 7 N–H and O–H groups in total. The number of nitrogens with zero attached hydrogens (tertiary/aromatic N) is 4. The predicted octanol–water partition coefficient (Wildman–Crippen LogP) is 0.135. The first-order valence-corrected chi connectivity index (χ1v) is 13.1. The van der Waals surface area contributed by atoms with E-state index in [1.54, 1.807) is 0 Å². The van der Waals surface area contributed by atoms with Gasteiger partial charge in [-0.15, -0.1) is 0 Å². The van der Waals surface area contributed by atoms with Gasteiger partial charge in [-0.05, 0) is 57.8 Å². The maximum atomic E-state index is 6.01. The standard InChI is InChI=1S/C10H22N2.C9H21N3.C6H15N3/c1-9(2)4-8(12)5-10(3,6-9)7-11;1-10(2)4-7-12-8-5-11(3)6-9-12;7-1-4-9-5-2-8-3-6-9/h8H,4-7,11-12H2,1-3H3;4-9H2,1-3H3;8H,1-7H2. The Balaban J connectivity index is 0.000000250. The zero-order valence-corrected chi connectivity index (χ0v) is 22.9. The summed E-state index contributed by atoms with van der Waals surface area (Å²) >= 11 is 0. The molecule has 0 amide bonds. The molecule has 1 aliphatic carbocycles. The van der Waals surface area contributed by atoms with Crippen molar-refractivity contribution in [1.29, 1.82) is 0 Å². The van der Waals surface area contributed by atoms with E-state index in [2.05, 4.69) is 66.8 Å². The summed E-state index contributed by atoms with van der Waals surface area (Å²) in [5.41, 5.74) is 17.8. The summed E-state index contributed by atoms with van der Waals surface area (Å²) in [5.74, 6) is 0. The molecule has 3 rings (SSSR count). The van der Waals surface area contributed by atoms with Crippen molar-refractivity contribution >= 4 is 0 Å². The number of hydrogen-bond acceptors (Lipinski definition) is 8. The maximum absolute atomic E-state index is 6.01. The SMILES string of the molecule is CC1(C)CC(N)CC(C)(CN)C1.CN(C)CCN1CCN(C)CC1.NCCN1CCNCC1. The molecule has 2 heterocycles. The molecule has 1 saturated carbocycles. The van der Waals surface area contributed by atoms with Crippen molar-refractivity contribution in [2.75, 3.05) is 106 Å². The van der Waals surface area contributed by atoms with E-state index >= 15 is 0 Å². The molecule has 3 aliphatic rings. The number of nitrogens with two attached hydrogens (primary N) is 3. The predicted molar refractivity (Wildman–Crippen MR) is 144 cm³/mol. The molecular weight excluding hydrogens is 412 g/mol. The Bertz CT molecular complexity index is 484. The minimum Gasteiger partial charge on any atom is -0.330 e. The van der Waals surface area contributed by atoms with Crippen LogP contribution in [-0.4, -0.2) is 132 Å². The van der Waals surface area contributed by atoms with Gasteiger partial charge in [-0.1, -0.05) is 20.8 Å². The zero-order valence-electron chi connectivity index (χ0n) is 22.9. The molecule has 8 nitrogen and oxygen atoms in total. The van der Waals surface area contributed by atoms with Gasteiger partial charge in [-0.3, -0.25) is 9.80 Å². The molecule has 2 aliphatic heterocycles. The van der Waals surface area contributed by atoms with E-state index in [-0.39, 0.29) is 5.41 Å². The lowest BCUT2D eigenvalue weighted by molar-refractivity contribution is 0.0904. The summed E-state index contributed by atoms with van der Waals surface area (Å²) in [7, 11) is 6.47. The normalized spacial score (nSPS) is 29.1. The second-order valence-electron chi connectivity index (χ2n) is 11.9. The maximum Gasteiger partial charge on any atom is 0.0110 e. The Labute approximate surface area is 205 Å². The summed E-state index contributed by atoms with van der Waals surface area (Å²) < 4.78 is 0. The van der Waals surface area contributed by atoms with Crippen molar-refractivity contribution in [2.24, 2.45) is 28.0 Å². The highest BCUT2D eigenvalue weighted by Crippen LogP contribution is 2.44. The number of piperazine rings is 2. The van der Waals surface area contributed by atoms with E-state index in [0.29, 0.717) is 11.5 Å². The van der Waals surface area contributed by atoms with E-state index in [9.17, 15) is 0 Å². The molecule has 0 aromatic carbocycles. The van der Waals surface area contributed by atoms with Crippen molar-refractivity contribution < 1.29 is 0 Å². The smallest absolute Gasteiger partial charge is 0.0110 e. The summed E-state index contributed by atoms with van der Waals surface area (Å²) in [5, 5.41) is 3.29. The molecule has 0 aromatic rings. The highest BCUT2D eigenvalue weighted by Gasteiger charge is 2.38. The van der Waals surface area contributed by atoms with Gasteiger partial charge in [0.05, 0.1) is 0 Å². The van der Waals surface area contributed by atoms with Gasteiger partial charge in [0.15, 0.2) is 0 Å². The Morgan fingerprint density at radius 2 is 1.45 bits per heavy atom. The quantitative estimate of drug-likeness (QED) is 0.435. The van der Waals surface area contributed by atoms with Crippen LogP contribution in [0.15, 0.2) is 0 Å². The molecule has 2 unspecified atom stereocenters. The zero-order chi connectivity index (χ0) is 24.9. The van der Waals surface area contributed by atoms with Gasteiger partial charge in [-0.2, -0.15) is 0 Å². The molecule has 198 valence electrons. The van der Waals surface area contributed by atoms with Crippen LogP contribution in [0.4, 0.5) is 0 Å². The van der Waals surface area contributed by atoms with Crippen LogP contribution in [0.2, 0.25) is 0 Å². The van der Waals surface area contributed by atoms with Gasteiger partial charge < -0.3 is 32.3 Å². The Morgan fingerprint density at radius 3 is 1.94 bits per heavy atom. The van der Waals surface area contributed by atoms with Crippen LogP contribution >= 0.6 is 0 Å². The lowest BCUT2D eigenvalue weighted by Crippen LogP contribution is -2.46. The number of likely N-dealkylation sites (N-methyl/N-ethyl adjacent to an activating group) is 2. The van der Waals surface area contributed by atoms with E-state index in [4.69, 9.17) is 17.2 Å². The Hall–Kier alpha value is -0.320. The third-order valence-corrected chi connectivity index (χ3v) is 7.08. The van der Waals surface area contributed by atoms with Crippen molar-refractivity contribution in [3.8, 4) is 0 Å². The molecule has 3 fully saturated rings. The summed E-state index contributed by atoms with van der Waals surface area (Å²) in [6.07, 6.45) is 3.44. The molecule has 33 heavy (non-hydrogen) atoms. The van der Waals surface area contributed by atoms with E-state index < -0.39 is 0 Å². The van der Waals surface area contributed by atoms with E-state index in [1.807, 2.05) is 0 Å². The Kier molecular flexibility index (Phi) is 14.5. The number of nitrogens with one attached hydrogen (secondary N) is 1. The molecule has 8 heteroatoms. The first-order valence-electron chi connectivity index (χ1n) is 13.1. The van der Waals surface area contributed by atoms with Gasteiger partial charge in [0, 0.05) is 84.6 Å². The topological polar surface area (TPSA) is 103 Å². The molecule has 0 radical (unpaired) electrons. The molecule has 0 spiro atoms. The fourth-order valence-corrected chi connectivity index (χ4v) is 5.40. The summed E-state index contributed by atoms with van der Waals surface area (Å²) in [6, 6.07) is 0.349. The molecule has 0 bridgehead atoms. The van der Waals surface area contributed by atoms with Crippen LogP contribution in [0.5, 0.6) is 0 Å². The lowest BCUT2D eigenvalue weighted by Gasteiger charge is -2.45. The fraction of sp³-hybridized carbons (Fsp3) is 1.00. The Morgan fingerprint density at radius 1 is 0.879 bits per heavy atom. The first kappa shape index (κ1) is 30.7. The highest BCUT2D eigenvalue weighted by molar-refractivity contribution is 4.93. The van der Waals surface area contributed by atoms with Crippen LogP contribution in [0, 0.1) is 10.8 Å². The second-order valence-corrected chi connectivity index (χ2v) is 11.9. The van der Waals surface area contributed by atoms with Crippen molar-refractivity contribution in [3.63, 3.8) is 0 Å². The number of rotatable bonds is 6. The third-order valence-electron chi connectivity index (χ3n) is 7.08. The van der Waals surface area contributed by atoms with Crippen LogP contribution in [0.25, 0.3) is 0 Å². The fourth-order valence-electron chi connectivity index (χ4n) is 5.40. The van der Waals surface area contributed by atoms with Crippen molar-refractivity contribution in [1.82, 2.24) is 24.9 Å². The van der Waals surface area contributed by atoms with Gasteiger partial charge in [0.1, 0.15) is 0 Å². The highest BCUT2D eigenvalue weighted by atomic mass is 15.3. The summed E-state index contributed by atoms with van der Waals surface area (Å²) in [4.78, 5) is 9.57. The average Bonchev–Trinajstić information content (AvgIpc) is 2.73. The minimum atomic E-state index is 0.279. The van der Waals surface area contributed by atoms with Crippen LogP contribution in [0.1, 0.15) is 40.0 Å². The van der Waals surface area contributed by atoms with Crippen LogP contribution in [0.3, 0.4) is 0 Å². The average molecular weight is 471 g/mol. The second kappa shape index (κ2) is 15.6. The largest absolute Gasteiger partial charge is 0.330 e. The molecular formula is C25H58N8. The van der Waals surface area contributed by atoms with Gasteiger partial charge in [0.25, 0.3) is 0 Å². The third kappa shape index (κ3) is 14.0. The van der Waals surface area contributed by atoms with Gasteiger partial charge in [0.2, 0.25) is 0 Å². The lowest BCUT2D eigenvalue weighted by atomic mass is 9.63. The van der Waals surface area contributed by atoms with Gasteiger partial charge >= 0.3 is 0 Å².